The van der Waals surface area contributed by atoms with Crippen molar-refractivity contribution in [3.8, 4) is 0 Å². The maximum atomic E-state index is 12.4. The van der Waals surface area contributed by atoms with Crippen LogP contribution >= 0.6 is 0 Å². The summed E-state index contributed by atoms with van der Waals surface area (Å²) in [5.41, 5.74) is 3.29. The summed E-state index contributed by atoms with van der Waals surface area (Å²) in [5.74, 6) is 0.440. The number of ether oxygens (including phenoxy) is 1. The van der Waals surface area contributed by atoms with Crippen LogP contribution in [0.2, 0.25) is 0 Å². The number of sulfone groups is 1. The van der Waals surface area contributed by atoms with Crippen LogP contribution < -0.4 is 5.32 Å². The lowest BCUT2D eigenvalue weighted by Crippen LogP contribution is -2.19. The number of hydrogen-bond acceptors (Lipinski definition) is 7. The number of hydrogen-bond donors (Lipinski definition) is 1. The first-order valence-electron chi connectivity index (χ1n) is 11.4. The van der Waals surface area contributed by atoms with Gasteiger partial charge in [0.05, 0.1) is 6.33 Å². The first kappa shape index (κ1) is 22.5. The molecule has 9 heteroatoms. The molecular weight excluding hydrogens is 450 g/mol. The monoisotopic (exact) mass is 477 g/mol. The quantitative estimate of drug-likeness (QED) is 0.399. The second-order valence-electron chi connectivity index (χ2n) is 8.53. The summed E-state index contributed by atoms with van der Waals surface area (Å²) in [6.07, 6.45) is 5.45. The Kier molecular flexibility index (Phi) is 6.30. The molecule has 3 heterocycles. The van der Waals surface area contributed by atoms with Gasteiger partial charge in [-0.15, -0.1) is 0 Å². The molecule has 0 radical (unpaired) electrons. The summed E-state index contributed by atoms with van der Waals surface area (Å²) in [4.78, 5) is 13.3. The van der Waals surface area contributed by atoms with Crippen LogP contribution in [0, 0.1) is 0 Å². The number of benzene rings is 2. The summed E-state index contributed by atoms with van der Waals surface area (Å²) in [6, 6.07) is 20.4. The molecule has 4 aromatic rings. The third-order valence-electron chi connectivity index (χ3n) is 6.08. The Morgan fingerprint density at radius 2 is 1.71 bits per heavy atom. The second kappa shape index (κ2) is 9.52. The van der Waals surface area contributed by atoms with E-state index in [1.807, 2.05) is 41.0 Å². The van der Waals surface area contributed by atoms with Crippen molar-refractivity contribution in [2.45, 2.75) is 36.6 Å². The second-order valence-corrected chi connectivity index (χ2v) is 10.4. The van der Waals surface area contributed by atoms with Crippen molar-refractivity contribution in [2.75, 3.05) is 24.7 Å². The van der Waals surface area contributed by atoms with Crippen LogP contribution in [0.5, 0.6) is 0 Å². The van der Waals surface area contributed by atoms with E-state index >= 15 is 0 Å². The van der Waals surface area contributed by atoms with Crippen molar-refractivity contribution in [3.05, 3.63) is 78.1 Å². The molecule has 5 rings (SSSR count). The lowest BCUT2D eigenvalue weighted by atomic mass is 9.91. The molecule has 1 aliphatic rings. The number of fused-ring (bicyclic) bond motifs is 1. The van der Waals surface area contributed by atoms with E-state index in [1.165, 1.54) is 0 Å². The maximum absolute atomic E-state index is 12.4. The Morgan fingerprint density at radius 1 is 1.03 bits per heavy atom. The molecule has 34 heavy (non-hydrogen) atoms. The average Bonchev–Trinajstić information content (AvgIpc) is 3.30. The van der Waals surface area contributed by atoms with Gasteiger partial charge in [-0.05, 0) is 30.4 Å². The first-order valence-corrected chi connectivity index (χ1v) is 13.3. The number of nitrogens with one attached hydrogen (secondary N) is 1. The third kappa shape index (κ3) is 4.67. The van der Waals surface area contributed by atoms with Gasteiger partial charge in [0.25, 0.3) is 5.16 Å². The topological polar surface area (TPSA) is 99.0 Å². The van der Waals surface area contributed by atoms with E-state index < -0.39 is 9.84 Å². The van der Waals surface area contributed by atoms with Crippen molar-refractivity contribution in [1.82, 2.24) is 19.5 Å². The summed E-state index contributed by atoms with van der Waals surface area (Å²) in [6.45, 7) is 1.17. The highest BCUT2D eigenvalue weighted by molar-refractivity contribution is 7.90. The molecule has 0 bridgehead atoms. The SMILES string of the molecule is CS(=O)(=O)c1nc(NCC(c2ccccc2)c2ccccc2)c2ncn(C3CCCCO3)c2n1. The molecule has 1 fully saturated rings. The molecule has 0 spiro atoms. The number of imidazole rings is 1. The summed E-state index contributed by atoms with van der Waals surface area (Å²) < 4.78 is 32.5. The summed E-state index contributed by atoms with van der Waals surface area (Å²) >= 11 is 0. The van der Waals surface area contributed by atoms with E-state index in [-0.39, 0.29) is 17.3 Å². The van der Waals surface area contributed by atoms with Crippen molar-refractivity contribution >= 4 is 26.8 Å². The Balaban J connectivity index is 1.54. The van der Waals surface area contributed by atoms with Crippen molar-refractivity contribution in [3.63, 3.8) is 0 Å². The molecule has 0 amide bonds. The molecule has 176 valence electrons. The van der Waals surface area contributed by atoms with Crippen molar-refractivity contribution < 1.29 is 13.2 Å². The third-order valence-corrected chi connectivity index (χ3v) is 6.92. The largest absolute Gasteiger partial charge is 0.367 e. The van der Waals surface area contributed by atoms with Crippen LogP contribution in [0.15, 0.2) is 72.1 Å². The standard InChI is InChI=1S/C25H27N5O3S/c1-34(31,32)25-28-23(22-24(29-25)30(17-27-22)21-14-8-9-15-33-21)26-16-20(18-10-4-2-5-11-18)19-12-6-3-7-13-19/h2-7,10-13,17,20-21H,8-9,14-16H2,1H3,(H,26,28,29). The van der Waals surface area contributed by atoms with E-state index in [9.17, 15) is 8.42 Å². The van der Waals surface area contributed by atoms with Crippen LogP contribution in [-0.4, -0.2) is 47.3 Å². The fraction of sp³-hybridized carbons (Fsp3) is 0.320. The lowest BCUT2D eigenvalue weighted by Gasteiger charge is -2.24. The number of aromatic nitrogens is 4. The molecule has 2 aromatic carbocycles. The van der Waals surface area contributed by atoms with Gasteiger partial charge in [0.15, 0.2) is 17.0 Å². The molecule has 0 saturated carbocycles. The minimum Gasteiger partial charge on any atom is -0.367 e. The average molecular weight is 478 g/mol. The van der Waals surface area contributed by atoms with Crippen molar-refractivity contribution in [2.24, 2.45) is 0 Å². The van der Waals surface area contributed by atoms with Crippen LogP contribution in [0.4, 0.5) is 5.82 Å². The van der Waals surface area contributed by atoms with Crippen LogP contribution in [-0.2, 0) is 14.6 Å². The Bertz CT molecular complexity index is 1330. The van der Waals surface area contributed by atoms with Gasteiger partial charge >= 0.3 is 0 Å². The zero-order valence-corrected chi connectivity index (χ0v) is 19.8. The maximum Gasteiger partial charge on any atom is 0.250 e. The van der Waals surface area contributed by atoms with E-state index in [2.05, 4.69) is 44.5 Å². The zero-order valence-electron chi connectivity index (χ0n) is 19.0. The molecule has 1 atom stereocenters. The van der Waals surface area contributed by atoms with Gasteiger partial charge in [-0.2, -0.15) is 9.97 Å². The highest BCUT2D eigenvalue weighted by atomic mass is 32.2. The lowest BCUT2D eigenvalue weighted by molar-refractivity contribution is -0.0298. The molecule has 1 unspecified atom stereocenters. The fourth-order valence-corrected chi connectivity index (χ4v) is 4.85. The minimum atomic E-state index is -3.63. The highest BCUT2D eigenvalue weighted by Crippen LogP contribution is 2.30. The van der Waals surface area contributed by atoms with E-state index in [1.54, 1.807) is 6.33 Å². The van der Waals surface area contributed by atoms with Gasteiger partial charge in [0.1, 0.15) is 6.23 Å². The Morgan fingerprint density at radius 3 is 2.29 bits per heavy atom. The van der Waals surface area contributed by atoms with Crippen LogP contribution in [0.3, 0.4) is 0 Å². The normalized spacial score (nSPS) is 16.7. The van der Waals surface area contributed by atoms with Gasteiger partial charge in [-0.3, -0.25) is 4.57 Å². The molecular formula is C25H27N5O3S. The van der Waals surface area contributed by atoms with Crippen LogP contribution in [0.1, 0.15) is 42.5 Å². The number of nitrogens with zero attached hydrogens (tertiary/aromatic N) is 4. The minimum absolute atomic E-state index is 0.0397. The van der Waals surface area contributed by atoms with Gasteiger partial charge in [-0.1, -0.05) is 60.7 Å². The van der Waals surface area contributed by atoms with E-state index in [0.717, 1.165) is 36.6 Å². The van der Waals surface area contributed by atoms with Crippen LogP contribution in [0.25, 0.3) is 11.2 Å². The fourth-order valence-electron chi connectivity index (χ4n) is 4.34. The van der Waals surface area contributed by atoms with Gasteiger partial charge in [-0.25, -0.2) is 13.4 Å². The molecule has 1 N–H and O–H groups in total. The van der Waals surface area contributed by atoms with Gasteiger partial charge in [0.2, 0.25) is 9.84 Å². The molecule has 0 aliphatic carbocycles. The molecule has 8 nitrogen and oxygen atoms in total. The Hall–Kier alpha value is -3.30. The van der Waals surface area contributed by atoms with Gasteiger partial charge in [0, 0.05) is 25.3 Å². The molecule has 2 aromatic heterocycles. The molecule has 1 saturated heterocycles. The van der Waals surface area contributed by atoms with Gasteiger partial charge < -0.3 is 10.1 Å². The first-order chi connectivity index (χ1) is 16.5. The van der Waals surface area contributed by atoms with E-state index in [0.29, 0.717) is 30.1 Å². The smallest absolute Gasteiger partial charge is 0.250 e. The Labute approximate surface area is 199 Å². The predicted molar refractivity (Wildman–Crippen MR) is 130 cm³/mol. The number of rotatable bonds is 7. The highest BCUT2D eigenvalue weighted by Gasteiger charge is 2.24. The zero-order chi connectivity index (χ0) is 23.5. The summed E-state index contributed by atoms with van der Waals surface area (Å²) in [5, 5.41) is 3.16. The number of anilines is 1. The summed E-state index contributed by atoms with van der Waals surface area (Å²) in [7, 11) is -3.63. The van der Waals surface area contributed by atoms with Crippen molar-refractivity contribution in [1.29, 1.82) is 0 Å². The van der Waals surface area contributed by atoms with E-state index in [4.69, 9.17) is 4.74 Å². The molecule has 1 aliphatic heterocycles. The predicted octanol–water partition coefficient (Wildman–Crippen LogP) is 4.17.